The van der Waals surface area contributed by atoms with Gasteiger partial charge in [-0.15, -0.1) is 0 Å². The van der Waals surface area contributed by atoms with Crippen molar-refractivity contribution in [2.75, 3.05) is 18.4 Å². The van der Waals surface area contributed by atoms with Gasteiger partial charge in [0.25, 0.3) is 0 Å². The van der Waals surface area contributed by atoms with E-state index in [0.29, 0.717) is 22.7 Å². The van der Waals surface area contributed by atoms with E-state index in [-0.39, 0.29) is 11.8 Å². The second-order valence-electron chi connectivity index (χ2n) is 8.36. The van der Waals surface area contributed by atoms with Crippen molar-refractivity contribution in [3.63, 3.8) is 0 Å². The summed E-state index contributed by atoms with van der Waals surface area (Å²) in [5.41, 5.74) is 3.11. The highest BCUT2D eigenvalue weighted by atomic mass is 35.5. The number of anilines is 1. The summed E-state index contributed by atoms with van der Waals surface area (Å²) < 4.78 is 2.07. The Morgan fingerprint density at radius 3 is 2.66 bits per heavy atom. The number of amides is 1. The molecule has 7 heteroatoms. The van der Waals surface area contributed by atoms with Gasteiger partial charge >= 0.3 is 0 Å². The van der Waals surface area contributed by atoms with Crippen molar-refractivity contribution in [2.45, 2.75) is 52.5 Å². The number of nitrogens with one attached hydrogen (secondary N) is 2. The highest BCUT2D eigenvalue weighted by Crippen LogP contribution is 2.39. The summed E-state index contributed by atoms with van der Waals surface area (Å²) in [7, 11) is 0. The van der Waals surface area contributed by atoms with Crippen LogP contribution in [0.4, 0.5) is 5.82 Å². The molecule has 1 aliphatic carbocycles. The van der Waals surface area contributed by atoms with Gasteiger partial charge in [-0.05, 0) is 56.7 Å². The van der Waals surface area contributed by atoms with Crippen molar-refractivity contribution in [3.8, 4) is 11.1 Å². The van der Waals surface area contributed by atoms with Crippen molar-refractivity contribution in [1.29, 1.82) is 0 Å². The average molecular weight is 416 g/mol. The van der Waals surface area contributed by atoms with Gasteiger partial charge in [0.15, 0.2) is 0 Å². The van der Waals surface area contributed by atoms with Crippen LogP contribution < -0.4 is 10.6 Å². The largest absolute Gasteiger partial charge is 0.316 e. The van der Waals surface area contributed by atoms with Crippen molar-refractivity contribution in [2.24, 2.45) is 17.8 Å². The molecule has 29 heavy (non-hydrogen) atoms. The van der Waals surface area contributed by atoms with Crippen LogP contribution >= 0.6 is 11.6 Å². The van der Waals surface area contributed by atoms with Crippen molar-refractivity contribution in [1.82, 2.24) is 20.1 Å². The third-order valence-corrected chi connectivity index (χ3v) is 6.59. The van der Waals surface area contributed by atoms with Gasteiger partial charge in [-0.1, -0.05) is 31.9 Å². The predicted octanol–water partition coefficient (Wildman–Crippen LogP) is 4.15. The molecule has 2 aromatic rings. The van der Waals surface area contributed by atoms with E-state index in [4.69, 9.17) is 11.6 Å². The lowest BCUT2D eigenvalue weighted by atomic mass is 10.0. The number of pyridine rings is 1. The zero-order valence-corrected chi connectivity index (χ0v) is 18.0. The van der Waals surface area contributed by atoms with Crippen molar-refractivity contribution < 1.29 is 4.79 Å². The van der Waals surface area contributed by atoms with Crippen LogP contribution in [0.5, 0.6) is 0 Å². The first kappa shape index (κ1) is 20.4. The van der Waals surface area contributed by atoms with E-state index in [1.165, 1.54) is 5.69 Å². The van der Waals surface area contributed by atoms with Crippen LogP contribution in [0, 0.1) is 17.8 Å². The summed E-state index contributed by atoms with van der Waals surface area (Å²) in [6, 6.07) is 1.89. The Morgan fingerprint density at radius 1 is 1.21 bits per heavy atom. The monoisotopic (exact) mass is 415 g/mol. The van der Waals surface area contributed by atoms with E-state index in [1.807, 2.05) is 12.3 Å². The fraction of sp³-hybridized carbons (Fsp3) is 0.591. The normalized spacial score (nSPS) is 23.3. The van der Waals surface area contributed by atoms with Gasteiger partial charge in [-0.2, -0.15) is 5.10 Å². The molecule has 156 valence electrons. The highest BCUT2D eigenvalue weighted by Gasteiger charge is 2.40. The number of aromatic nitrogens is 3. The Balaban J connectivity index is 1.54. The van der Waals surface area contributed by atoms with Crippen LogP contribution in [0.1, 0.15) is 45.2 Å². The molecular weight excluding hydrogens is 386 g/mol. The zero-order chi connectivity index (χ0) is 20.4. The number of carbonyl (C=O) groups excluding carboxylic acids is 1. The molecule has 0 spiro atoms. The fourth-order valence-electron chi connectivity index (χ4n) is 4.86. The van der Waals surface area contributed by atoms with Gasteiger partial charge in [0.1, 0.15) is 5.82 Å². The molecular formula is C22H30ClN5O. The maximum atomic E-state index is 12.8. The minimum atomic E-state index is 0.0793. The van der Waals surface area contributed by atoms with E-state index in [0.717, 1.165) is 62.9 Å². The lowest BCUT2D eigenvalue weighted by molar-refractivity contribution is -0.119. The Kier molecular flexibility index (Phi) is 6.20. The molecule has 1 saturated heterocycles. The van der Waals surface area contributed by atoms with E-state index < -0.39 is 0 Å². The number of carbonyl (C=O) groups is 1. The Morgan fingerprint density at radius 2 is 1.97 bits per heavy atom. The van der Waals surface area contributed by atoms with Crippen LogP contribution in [0.15, 0.2) is 18.5 Å². The maximum absolute atomic E-state index is 12.8. The van der Waals surface area contributed by atoms with Crippen LogP contribution in [0.2, 0.25) is 5.02 Å². The molecule has 0 bridgehead atoms. The smallest absolute Gasteiger partial charge is 0.228 e. The summed E-state index contributed by atoms with van der Waals surface area (Å²) in [6.45, 7) is 7.29. The quantitative estimate of drug-likeness (QED) is 0.712. The third kappa shape index (κ3) is 4.19. The summed E-state index contributed by atoms with van der Waals surface area (Å²) >= 11 is 6.50. The van der Waals surface area contributed by atoms with E-state index in [9.17, 15) is 4.79 Å². The summed E-state index contributed by atoms with van der Waals surface area (Å²) in [4.78, 5) is 17.2. The molecule has 3 atom stereocenters. The van der Waals surface area contributed by atoms with Gasteiger partial charge in [0.05, 0.1) is 11.2 Å². The molecule has 2 fully saturated rings. The minimum absolute atomic E-state index is 0.0793. The topological polar surface area (TPSA) is 71.8 Å². The Bertz CT molecular complexity index is 868. The molecule has 2 aromatic heterocycles. The molecule has 3 heterocycles. The van der Waals surface area contributed by atoms with Crippen molar-refractivity contribution >= 4 is 23.3 Å². The van der Waals surface area contributed by atoms with Gasteiger partial charge in [-0.25, -0.2) is 4.98 Å². The number of rotatable bonds is 7. The average Bonchev–Trinajstić information content (AvgIpc) is 3.40. The number of aryl methyl sites for hydroxylation is 1. The lowest BCUT2D eigenvalue weighted by Gasteiger charge is -2.13. The fourth-order valence-corrected chi connectivity index (χ4v) is 5.07. The SMILES string of the molecule is CCCc1c(-c2cc(NC(=O)C3C[C@H]4CNC[C@H]4C3)ncc2Cl)cnn1CCC. The van der Waals surface area contributed by atoms with Gasteiger partial charge in [0.2, 0.25) is 5.91 Å². The lowest BCUT2D eigenvalue weighted by Crippen LogP contribution is -2.23. The molecule has 1 unspecified atom stereocenters. The zero-order valence-electron chi connectivity index (χ0n) is 17.2. The summed E-state index contributed by atoms with van der Waals surface area (Å²) in [5, 5.41) is 11.6. The van der Waals surface area contributed by atoms with Crippen LogP contribution in [0.3, 0.4) is 0 Å². The maximum Gasteiger partial charge on any atom is 0.228 e. The number of fused-ring (bicyclic) bond motifs is 1. The minimum Gasteiger partial charge on any atom is -0.316 e. The molecule has 6 nitrogen and oxygen atoms in total. The molecule has 2 N–H and O–H groups in total. The second-order valence-corrected chi connectivity index (χ2v) is 8.77. The van der Waals surface area contributed by atoms with Gasteiger partial charge in [0, 0.05) is 35.5 Å². The van der Waals surface area contributed by atoms with Gasteiger partial charge in [-0.3, -0.25) is 9.48 Å². The molecule has 0 radical (unpaired) electrons. The molecule has 0 aromatic carbocycles. The predicted molar refractivity (Wildman–Crippen MR) is 116 cm³/mol. The van der Waals surface area contributed by atoms with Crippen LogP contribution in [0.25, 0.3) is 11.1 Å². The first-order chi connectivity index (χ1) is 14.1. The molecule has 1 aliphatic heterocycles. The summed E-state index contributed by atoms with van der Waals surface area (Å²) in [5.74, 6) is 2.00. The summed E-state index contributed by atoms with van der Waals surface area (Å²) in [6.07, 6.45) is 8.46. The molecule has 1 saturated carbocycles. The molecule has 1 amide bonds. The molecule has 2 aliphatic rings. The highest BCUT2D eigenvalue weighted by molar-refractivity contribution is 6.33. The van der Waals surface area contributed by atoms with E-state index in [2.05, 4.69) is 39.2 Å². The third-order valence-electron chi connectivity index (χ3n) is 6.29. The van der Waals surface area contributed by atoms with Gasteiger partial charge < -0.3 is 10.6 Å². The van der Waals surface area contributed by atoms with Crippen LogP contribution in [-0.4, -0.2) is 33.8 Å². The Labute approximate surface area is 177 Å². The first-order valence-corrected chi connectivity index (χ1v) is 11.2. The van der Waals surface area contributed by atoms with E-state index in [1.54, 1.807) is 6.20 Å². The Hall–Kier alpha value is -1.92. The molecule has 4 rings (SSSR count). The van der Waals surface area contributed by atoms with Crippen molar-refractivity contribution in [3.05, 3.63) is 29.2 Å². The van der Waals surface area contributed by atoms with Crippen LogP contribution in [-0.2, 0) is 17.8 Å². The number of nitrogens with zero attached hydrogens (tertiary/aromatic N) is 3. The first-order valence-electron chi connectivity index (χ1n) is 10.8. The van der Waals surface area contributed by atoms with E-state index >= 15 is 0 Å². The number of hydrogen-bond donors (Lipinski definition) is 2. The number of hydrogen-bond acceptors (Lipinski definition) is 4. The standard InChI is InChI=1S/C22H30ClN5O/c1-3-5-20-18(12-26-28(20)6-4-2)17-9-21(25-13-19(17)23)27-22(29)14-7-15-10-24-11-16(15)8-14/h9,12-16,24H,3-8,10-11H2,1-2H3,(H,25,27,29)/t14?,15-,16+. The second kappa shape index (κ2) is 8.84. The number of halogens is 1.